The Morgan fingerprint density at radius 3 is 2.74 bits per heavy atom. The molecule has 0 radical (unpaired) electrons. The lowest BCUT2D eigenvalue weighted by Crippen LogP contribution is -2.45. The van der Waals surface area contributed by atoms with Crippen LogP contribution in [0, 0.1) is 11.2 Å². The molecule has 2 unspecified atom stereocenters. The van der Waals surface area contributed by atoms with E-state index in [0.717, 1.165) is 5.56 Å². The molecule has 0 spiro atoms. The molecular weight excluding hydrogens is 261 g/mol. The quantitative estimate of drug-likeness (QED) is 0.814. The van der Waals surface area contributed by atoms with Crippen molar-refractivity contribution in [2.24, 2.45) is 5.41 Å². The molecule has 106 valence electrons. The van der Waals surface area contributed by atoms with E-state index in [4.69, 9.17) is 11.6 Å². The van der Waals surface area contributed by atoms with Crippen molar-refractivity contribution >= 4 is 11.6 Å². The standard InChI is InChI=1S/C16H23ClFN/c1-11(12-7-8-14(18)13(17)10-12)19-15-6-4-5-9-16(15,2)3/h7-8,10-11,15,19H,4-6,9H2,1-3H3. The predicted molar refractivity (Wildman–Crippen MR) is 79.0 cm³/mol. The highest BCUT2D eigenvalue weighted by Crippen LogP contribution is 2.36. The summed E-state index contributed by atoms with van der Waals surface area (Å²) >= 11 is 5.85. The van der Waals surface area contributed by atoms with Gasteiger partial charge in [0.1, 0.15) is 5.82 Å². The van der Waals surface area contributed by atoms with Crippen LogP contribution in [0.5, 0.6) is 0 Å². The van der Waals surface area contributed by atoms with Crippen LogP contribution in [0.3, 0.4) is 0 Å². The average Bonchev–Trinajstić information content (AvgIpc) is 2.35. The van der Waals surface area contributed by atoms with E-state index in [-0.39, 0.29) is 16.9 Å². The number of rotatable bonds is 3. The second-order valence-corrected chi connectivity index (χ2v) is 6.76. The van der Waals surface area contributed by atoms with E-state index in [9.17, 15) is 4.39 Å². The lowest BCUT2D eigenvalue weighted by Gasteiger charge is -2.41. The van der Waals surface area contributed by atoms with E-state index >= 15 is 0 Å². The first-order valence-corrected chi connectivity index (χ1v) is 7.49. The molecule has 19 heavy (non-hydrogen) atoms. The van der Waals surface area contributed by atoms with Gasteiger partial charge in [0.2, 0.25) is 0 Å². The molecule has 3 heteroatoms. The monoisotopic (exact) mass is 283 g/mol. The number of nitrogens with one attached hydrogen (secondary N) is 1. The van der Waals surface area contributed by atoms with Gasteiger partial charge >= 0.3 is 0 Å². The van der Waals surface area contributed by atoms with Gasteiger partial charge in [-0.25, -0.2) is 4.39 Å². The first-order chi connectivity index (χ1) is 8.90. The van der Waals surface area contributed by atoms with Crippen LogP contribution in [0.15, 0.2) is 18.2 Å². The highest BCUT2D eigenvalue weighted by molar-refractivity contribution is 6.30. The maximum Gasteiger partial charge on any atom is 0.141 e. The Kier molecular flexibility index (Phi) is 4.52. The van der Waals surface area contributed by atoms with Gasteiger partial charge in [-0.1, -0.05) is 44.4 Å². The van der Waals surface area contributed by atoms with Gasteiger partial charge in [0.05, 0.1) is 5.02 Å². The lowest BCUT2D eigenvalue weighted by atomic mass is 9.73. The maximum absolute atomic E-state index is 13.2. The molecule has 1 nitrogen and oxygen atoms in total. The van der Waals surface area contributed by atoms with Crippen LogP contribution in [0.2, 0.25) is 5.02 Å². The number of benzene rings is 1. The molecule has 2 rings (SSSR count). The lowest BCUT2D eigenvalue weighted by molar-refractivity contribution is 0.157. The summed E-state index contributed by atoms with van der Waals surface area (Å²) < 4.78 is 13.2. The van der Waals surface area contributed by atoms with E-state index in [1.54, 1.807) is 6.07 Å². The Hall–Kier alpha value is -0.600. The zero-order valence-corrected chi connectivity index (χ0v) is 12.7. The summed E-state index contributed by atoms with van der Waals surface area (Å²) in [5.74, 6) is -0.351. The minimum atomic E-state index is -0.351. The summed E-state index contributed by atoms with van der Waals surface area (Å²) in [5, 5.41) is 3.89. The van der Waals surface area contributed by atoms with Crippen LogP contribution >= 0.6 is 11.6 Å². The van der Waals surface area contributed by atoms with Crippen molar-refractivity contribution in [1.29, 1.82) is 0 Å². The van der Waals surface area contributed by atoms with Crippen LogP contribution in [-0.2, 0) is 0 Å². The number of hydrogen-bond donors (Lipinski definition) is 1. The van der Waals surface area contributed by atoms with Crippen LogP contribution in [0.1, 0.15) is 58.1 Å². The Morgan fingerprint density at radius 1 is 1.37 bits per heavy atom. The third kappa shape index (κ3) is 3.49. The van der Waals surface area contributed by atoms with Crippen molar-refractivity contribution in [2.45, 2.75) is 58.5 Å². The van der Waals surface area contributed by atoms with E-state index in [2.05, 4.69) is 26.1 Å². The molecule has 1 aliphatic rings. The fraction of sp³-hybridized carbons (Fsp3) is 0.625. The molecule has 0 aliphatic heterocycles. The highest BCUT2D eigenvalue weighted by Gasteiger charge is 2.32. The van der Waals surface area contributed by atoms with E-state index in [1.807, 2.05) is 6.07 Å². The normalized spacial score (nSPS) is 24.2. The number of hydrogen-bond acceptors (Lipinski definition) is 1. The third-order valence-corrected chi connectivity index (χ3v) is 4.69. The van der Waals surface area contributed by atoms with Crippen LogP contribution in [0.4, 0.5) is 4.39 Å². The number of halogens is 2. The minimum absolute atomic E-state index is 0.195. The molecule has 0 saturated heterocycles. The fourth-order valence-electron chi connectivity index (χ4n) is 2.98. The highest BCUT2D eigenvalue weighted by atomic mass is 35.5. The molecule has 1 fully saturated rings. The molecule has 0 bridgehead atoms. The largest absolute Gasteiger partial charge is 0.307 e. The van der Waals surface area contributed by atoms with E-state index in [0.29, 0.717) is 11.5 Å². The predicted octanol–water partition coefficient (Wildman–Crippen LogP) is 5.10. The van der Waals surface area contributed by atoms with Crippen LogP contribution < -0.4 is 5.32 Å². The first-order valence-electron chi connectivity index (χ1n) is 7.11. The summed E-state index contributed by atoms with van der Waals surface area (Å²) in [6, 6.07) is 5.70. The second kappa shape index (κ2) is 5.80. The molecule has 0 aromatic heterocycles. The molecule has 2 atom stereocenters. The molecule has 0 amide bonds. The molecule has 1 N–H and O–H groups in total. The van der Waals surface area contributed by atoms with Crippen molar-refractivity contribution in [3.63, 3.8) is 0 Å². The van der Waals surface area contributed by atoms with Crippen LogP contribution in [-0.4, -0.2) is 6.04 Å². The van der Waals surface area contributed by atoms with Crippen molar-refractivity contribution in [2.75, 3.05) is 0 Å². The summed E-state index contributed by atoms with van der Waals surface area (Å²) in [6.07, 6.45) is 5.09. The summed E-state index contributed by atoms with van der Waals surface area (Å²) in [7, 11) is 0. The molecular formula is C16H23ClFN. The minimum Gasteiger partial charge on any atom is -0.307 e. The zero-order chi connectivity index (χ0) is 14.0. The maximum atomic E-state index is 13.2. The van der Waals surface area contributed by atoms with Gasteiger partial charge in [0, 0.05) is 12.1 Å². The van der Waals surface area contributed by atoms with Gasteiger partial charge < -0.3 is 5.32 Å². The average molecular weight is 284 g/mol. The van der Waals surface area contributed by atoms with Gasteiger partial charge in [-0.15, -0.1) is 0 Å². The topological polar surface area (TPSA) is 12.0 Å². The van der Waals surface area contributed by atoms with Gasteiger partial charge in [-0.05, 0) is 42.9 Å². The van der Waals surface area contributed by atoms with Crippen molar-refractivity contribution in [3.8, 4) is 0 Å². The van der Waals surface area contributed by atoms with Gasteiger partial charge in [-0.2, -0.15) is 0 Å². The second-order valence-electron chi connectivity index (χ2n) is 6.35. The van der Waals surface area contributed by atoms with Crippen molar-refractivity contribution in [1.82, 2.24) is 5.32 Å². The van der Waals surface area contributed by atoms with Crippen molar-refractivity contribution < 1.29 is 4.39 Å². The van der Waals surface area contributed by atoms with E-state index < -0.39 is 0 Å². The molecule has 1 aromatic rings. The van der Waals surface area contributed by atoms with Gasteiger partial charge in [0.25, 0.3) is 0 Å². The van der Waals surface area contributed by atoms with Crippen molar-refractivity contribution in [3.05, 3.63) is 34.6 Å². The first kappa shape index (κ1) is 14.8. The Balaban J connectivity index is 2.07. The third-order valence-electron chi connectivity index (χ3n) is 4.40. The summed E-state index contributed by atoms with van der Waals surface area (Å²) in [4.78, 5) is 0. The molecule has 1 saturated carbocycles. The van der Waals surface area contributed by atoms with E-state index in [1.165, 1.54) is 31.7 Å². The van der Waals surface area contributed by atoms with Crippen LogP contribution in [0.25, 0.3) is 0 Å². The van der Waals surface area contributed by atoms with Gasteiger partial charge in [0.15, 0.2) is 0 Å². The SMILES string of the molecule is CC(NC1CCCCC1(C)C)c1ccc(F)c(Cl)c1. The summed E-state index contributed by atoms with van der Waals surface area (Å²) in [5.41, 5.74) is 1.38. The Labute approximate surface area is 120 Å². The smallest absolute Gasteiger partial charge is 0.141 e. The van der Waals surface area contributed by atoms with Gasteiger partial charge in [-0.3, -0.25) is 0 Å². The summed E-state index contributed by atoms with van der Waals surface area (Å²) in [6.45, 7) is 6.77. The zero-order valence-electron chi connectivity index (χ0n) is 12.0. The molecule has 0 heterocycles. The molecule has 1 aromatic carbocycles. The molecule has 1 aliphatic carbocycles. The Morgan fingerprint density at radius 2 is 2.11 bits per heavy atom. The fourth-order valence-corrected chi connectivity index (χ4v) is 3.17. The Bertz CT molecular complexity index is 444.